The van der Waals surface area contributed by atoms with E-state index in [4.69, 9.17) is 0 Å². The normalized spacial score (nSPS) is 18.2. The molecule has 2 aromatic carbocycles. The van der Waals surface area contributed by atoms with E-state index in [1.54, 1.807) is 30.3 Å². The zero-order valence-electron chi connectivity index (χ0n) is 19.5. The lowest BCUT2D eigenvalue weighted by Gasteiger charge is -2.41. The van der Waals surface area contributed by atoms with Gasteiger partial charge in [-0.05, 0) is 74.7 Å². The lowest BCUT2D eigenvalue weighted by molar-refractivity contribution is -0.127. The number of likely N-dealkylation sites (N-methyl/N-ethyl adjacent to an activating group) is 1. The second-order valence-electron chi connectivity index (χ2n) is 9.06. The van der Waals surface area contributed by atoms with Crippen LogP contribution in [0.4, 0.5) is 16.2 Å². The predicted octanol–water partition coefficient (Wildman–Crippen LogP) is 4.16. The number of imide groups is 1. The molecule has 7 heteroatoms. The number of rotatable bonds is 4. The molecule has 7 nitrogen and oxygen atoms in total. The summed E-state index contributed by atoms with van der Waals surface area (Å²) in [6.07, 6.45) is 3.90. The van der Waals surface area contributed by atoms with Crippen molar-refractivity contribution in [3.05, 3.63) is 70.9 Å². The van der Waals surface area contributed by atoms with E-state index in [0.29, 0.717) is 5.69 Å². The first kappa shape index (κ1) is 22.3. The van der Waals surface area contributed by atoms with Crippen LogP contribution in [0.2, 0.25) is 0 Å². The number of carbonyl (C=O) groups excluding carboxylic acids is 3. The molecule has 2 aromatic rings. The fourth-order valence-corrected chi connectivity index (χ4v) is 4.21. The SMILES string of the molecule is CC1=CC(C)(C)N(C)c2cc(C)c(/C=C3/NC(=O)N(CC(=O)Nc4ccccc4)C3=O)cc21. The molecule has 0 aromatic heterocycles. The van der Waals surface area contributed by atoms with E-state index in [1.807, 2.05) is 19.1 Å². The van der Waals surface area contributed by atoms with Gasteiger partial charge in [0.15, 0.2) is 0 Å². The van der Waals surface area contributed by atoms with Crippen LogP contribution in [-0.4, -0.2) is 41.9 Å². The minimum atomic E-state index is -0.609. The van der Waals surface area contributed by atoms with Crippen molar-refractivity contribution in [3.63, 3.8) is 0 Å². The summed E-state index contributed by atoms with van der Waals surface area (Å²) in [6, 6.07) is 12.4. The van der Waals surface area contributed by atoms with E-state index < -0.39 is 17.8 Å². The summed E-state index contributed by atoms with van der Waals surface area (Å²) in [7, 11) is 2.07. The number of anilines is 2. The first-order valence-electron chi connectivity index (χ1n) is 10.8. The molecule has 1 saturated heterocycles. The molecular formula is C26H28N4O3. The zero-order valence-corrected chi connectivity index (χ0v) is 19.5. The molecule has 2 aliphatic rings. The molecule has 2 N–H and O–H groups in total. The Hall–Kier alpha value is -3.87. The molecule has 0 bridgehead atoms. The molecule has 2 aliphatic heterocycles. The van der Waals surface area contributed by atoms with E-state index in [-0.39, 0.29) is 17.8 Å². The van der Waals surface area contributed by atoms with Gasteiger partial charge in [0, 0.05) is 24.0 Å². The fourth-order valence-electron chi connectivity index (χ4n) is 4.21. The summed E-state index contributed by atoms with van der Waals surface area (Å²) >= 11 is 0. The smallest absolute Gasteiger partial charge is 0.329 e. The number of benzene rings is 2. The molecule has 4 amide bonds. The fraction of sp³-hybridized carbons (Fsp3) is 0.269. The molecule has 0 atom stereocenters. The number of hydrogen-bond donors (Lipinski definition) is 2. The first-order valence-corrected chi connectivity index (χ1v) is 10.8. The maximum Gasteiger partial charge on any atom is 0.329 e. The Morgan fingerprint density at radius 2 is 1.82 bits per heavy atom. The second kappa shape index (κ2) is 8.24. The van der Waals surface area contributed by atoms with E-state index in [0.717, 1.165) is 32.9 Å². The van der Waals surface area contributed by atoms with Gasteiger partial charge in [0.25, 0.3) is 5.91 Å². The molecule has 0 spiro atoms. The van der Waals surface area contributed by atoms with Gasteiger partial charge in [0.1, 0.15) is 12.2 Å². The number of nitrogens with zero attached hydrogens (tertiary/aromatic N) is 2. The van der Waals surface area contributed by atoms with Crippen LogP contribution in [0.25, 0.3) is 11.6 Å². The van der Waals surface area contributed by atoms with Crippen LogP contribution in [0.5, 0.6) is 0 Å². The van der Waals surface area contributed by atoms with Gasteiger partial charge in [-0.25, -0.2) is 9.69 Å². The van der Waals surface area contributed by atoms with E-state index in [2.05, 4.69) is 55.5 Å². The molecular weight excluding hydrogens is 416 g/mol. The summed E-state index contributed by atoms with van der Waals surface area (Å²) in [5.41, 5.74) is 5.86. The highest BCUT2D eigenvalue weighted by Gasteiger charge is 2.35. The quantitative estimate of drug-likeness (QED) is 0.548. The average molecular weight is 445 g/mol. The van der Waals surface area contributed by atoms with Gasteiger partial charge in [0.2, 0.25) is 5.91 Å². The summed E-state index contributed by atoms with van der Waals surface area (Å²) in [5.74, 6) is -0.965. The topological polar surface area (TPSA) is 81.8 Å². The van der Waals surface area contributed by atoms with E-state index >= 15 is 0 Å². The maximum absolute atomic E-state index is 12.9. The molecule has 4 rings (SSSR count). The second-order valence-corrected chi connectivity index (χ2v) is 9.06. The first-order chi connectivity index (χ1) is 15.6. The van der Waals surface area contributed by atoms with Gasteiger partial charge in [0.05, 0.1) is 5.54 Å². The zero-order chi connectivity index (χ0) is 23.9. The van der Waals surface area contributed by atoms with Crippen molar-refractivity contribution in [2.45, 2.75) is 33.2 Å². The van der Waals surface area contributed by atoms with Crippen LogP contribution in [0.15, 0.2) is 54.2 Å². The number of carbonyl (C=O) groups is 3. The van der Waals surface area contributed by atoms with E-state index in [9.17, 15) is 14.4 Å². The molecule has 0 aliphatic carbocycles. The maximum atomic E-state index is 12.9. The molecule has 0 unspecified atom stereocenters. The van der Waals surface area contributed by atoms with Gasteiger partial charge < -0.3 is 15.5 Å². The third kappa shape index (κ3) is 4.26. The Labute approximate surface area is 193 Å². The molecule has 1 fully saturated rings. The third-order valence-electron chi connectivity index (χ3n) is 6.23. The van der Waals surface area contributed by atoms with Crippen LogP contribution >= 0.6 is 0 Å². The number of urea groups is 1. The lowest BCUT2D eigenvalue weighted by Crippen LogP contribution is -2.42. The van der Waals surface area contributed by atoms with Crippen molar-refractivity contribution in [1.29, 1.82) is 0 Å². The minimum Gasteiger partial charge on any atom is -0.365 e. The van der Waals surface area contributed by atoms with Gasteiger partial charge in [-0.2, -0.15) is 0 Å². The number of amides is 4. The Kier molecular flexibility index (Phi) is 5.57. The Morgan fingerprint density at radius 3 is 2.52 bits per heavy atom. The summed E-state index contributed by atoms with van der Waals surface area (Å²) in [6.45, 7) is 8.03. The van der Waals surface area contributed by atoms with Crippen molar-refractivity contribution in [3.8, 4) is 0 Å². The van der Waals surface area contributed by atoms with Gasteiger partial charge in [-0.3, -0.25) is 9.59 Å². The van der Waals surface area contributed by atoms with Crippen LogP contribution in [0.1, 0.15) is 37.5 Å². The number of allylic oxidation sites excluding steroid dienone is 1. The molecule has 0 saturated carbocycles. The van der Waals surface area contributed by atoms with Crippen molar-refractivity contribution in [2.75, 3.05) is 23.8 Å². The highest BCUT2D eigenvalue weighted by atomic mass is 16.2. The highest BCUT2D eigenvalue weighted by Crippen LogP contribution is 2.39. The van der Waals surface area contributed by atoms with Gasteiger partial charge in [-0.15, -0.1) is 0 Å². The van der Waals surface area contributed by atoms with Crippen LogP contribution < -0.4 is 15.5 Å². The van der Waals surface area contributed by atoms with Crippen LogP contribution in [-0.2, 0) is 9.59 Å². The molecule has 2 heterocycles. The molecule has 0 radical (unpaired) electrons. The molecule has 170 valence electrons. The van der Waals surface area contributed by atoms with Gasteiger partial charge >= 0.3 is 6.03 Å². The lowest BCUT2D eigenvalue weighted by atomic mass is 9.87. The molecule has 33 heavy (non-hydrogen) atoms. The number of fused-ring (bicyclic) bond motifs is 1. The monoisotopic (exact) mass is 444 g/mol. The Morgan fingerprint density at radius 1 is 1.12 bits per heavy atom. The van der Waals surface area contributed by atoms with Crippen LogP contribution in [0, 0.1) is 6.92 Å². The van der Waals surface area contributed by atoms with Crippen molar-refractivity contribution < 1.29 is 14.4 Å². The summed E-state index contributed by atoms with van der Waals surface area (Å²) in [5, 5.41) is 5.30. The predicted molar refractivity (Wildman–Crippen MR) is 131 cm³/mol. The third-order valence-corrected chi connectivity index (χ3v) is 6.23. The van der Waals surface area contributed by atoms with E-state index in [1.165, 1.54) is 0 Å². The van der Waals surface area contributed by atoms with Gasteiger partial charge in [-0.1, -0.05) is 24.3 Å². The van der Waals surface area contributed by atoms with Crippen LogP contribution in [0.3, 0.4) is 0 Å². The Balaban J connectivity index is 1.57. The number of aryl methyl sites for hydroxylation is 1. The largest absolute Gasteiger partial charge is 0.365 e. The minimum absolute atomic E-state index is 0.0975. The average Bonchev–Trinajstić information content (AvgIpc) is 3.01. The highest BCUT2D eigenvalue weighted by molar-refractivity contribution is 6.16. The number of para-hydroxylation sites is 1. The van der Waals surface area contributed by atoms with Crippen molar-refractivity contribution in [1.82, 2.24) is 10.2 Å². The van der Waals surface area contributed by atoms with Crippen molar-refractivity contribution >= 4 is 40.9 Å². The number of nitrogens with one attached hydrogen (secondary N) is 2. The number of hydrogen-bond acceptors (Lipinski definition) is 4. The van der Waals surface area contributed by atoms with Crippen molar-refractivity contribution in [2.24, 2.45) is 0 Å². The summed E-state index contributed by atoms with van der Waals surface area (Å²) in [4.78, 5) is 40.8. The Bertz CT molecular complexity index is 1210. The summed E-state index contributed by atoms with van der Waals surface area (Å²) < 4.78 is 0. The standard InChI is InChI=1S/C26H28N4O3/c1-16-11-22-20(17(2)14-26(3,4)29(22)5)12-18(16)13-21-24(32)30(25(33)28-21)15-23(31)27-19-9-7-6-8-10-19/h6-14H,15H2,1-5H3,(H,27,31)(H,28,33)/b21-13+.